The lowest BCUT2D eigenvalue weighted by Crippen LogP contribution is -2.20. The Morgan fingerprint density at radius 3 is 2.76 bits per heavy atom. The SMILES string of the molecule is CNC(Cc1csc2ccccc12)c1c(F)cccc1Br. The van der Waals surface area contributed by atoms with E-state index in [1.165, 1.54) is 21.7 Å². The van der Waals surface area contributed by atoms with Crippen molar-refractivity contribution < 1.29 is 4.39 Å². The van der Waals surface area contributed by atoms with Gasteiger partial charge in [-0.05, 0) is 48.0 Å². The van der Waals surface area contributed by atoms with Crippen LogP contribution in [0.3, 0.4) is 0 Å². The summed E-state index contributed by atoms with van der Waals surface area (Å²) in [5, 5.41) is 6.67. The van der Waals surface area contributed by atoms with Gasteiger partial charge in [0.2, 0.25) is 0 Å². The summed E-state index contributed by atoms with van der Waals surface area (Å²) >= 11 is 5.20. The van der Waals surface area contributed by atoms with Gasteiger partial charge in [-0.25, -0.2) is 4.39 Å². The molecule has 1 aromatic heterocycles. The third-order valence-electron chi connectivity index (χ3n) is 3.68. The van der Waals surface area contributed by atoms with Gasteiger partial charge in [0.1, 0.15) is 5.82 Å². The molecule has 3 aromatic rings. The van der Waals surface area contributed by atoms with E-state index in [-0.39, 0.29) is 11.9 Å². The van der Waals surface area contributed by atoms with Gasteiger partial charge in [0.15, 0.2) is 0 Å². The van der Waals surface area contributed by atoms with Crippen LogP contribution in [0.15, 0.2) is 52.3 Å². The highest BCUT2D eigenvalue weighted by atomic mass is 79.9. The normalized spacial score (nSPS) is 12.7. The molecule has 108 valence electrons. The largest absolute Gasteiger partial charge is 0.313 e. The molecule has 0 aliphatic rings. The summed E-state index contributed by atoms with van der Waals surface area (Å²) in [6, 6.07) is 13.4. The lowest BCUT2D eigenvalue weighted by Gasteiger charge is -2.18. The van der Waals surface area contributed by atoms with Crippen LogP contribution in [-0.2, 0) is 6.42 Å². The number of thiophene rings is 1. The first-order valence-electron chi connectivity index (χ1n) is 6.77. The zero-order valence-electron chi connectivity index (χ0n) is 11.6. The Morgan fingerprint density at radius 1 is 1.19 bits per heavy atom. The van der Waals surface area contributed by atoms with Gasteiger partial charge in [0, 0.05) is 20.8 Å². The van der Waals surface area contributed by atoms with Crippen molar-refractivity contribution in [2.75, 3.05) is 7.05 Å². The molecule has 1 N–H and O–H groups in total. The molecule has 1 nitrogen and oxygen atoms in total. The molecule has 0 saturated carbocycles. The van der Waals surface area contributed by atoms with Crippen LogP contribution in [0, 0.1) is 5.82 Å². The monoisotopic (exact) mass is 363 g/mol. The minimum absolute atomic E-state index is 0.0569. The van der Waals surface area contributed by atoms with Crippen LogP contribution in [0.25, 0.3) is 10.1 Å². The number of benzene rings is 2. The standard InChI is InChI=1S/C17H15BrFNS/c1-20-15(17-13(18)6-4-7-14(17)19)9-11-10-21-16-8-3-2-5-12(11)16/h2-8,10,15,20H,9H2,1H3. The fraction of sp³-hybridized carbons (Fsp3) is 0.176. The number of fused-ring (bicyclic) bond motifs is 1. The molecule has 0 bridgehead atoms. The minimum Gasteiger partial charge on any atom is -0.313 e. The van der Waals surface area contributed by atoms with Gasteiger partial charge in [0.25, 0.3) is 0 Å². The molecule has 0 fully saturated rings. The van der Waals surface area contributed by atoms with Crippen LogP contribution in [0.2, 0.25) is 0 Å². The molecule has 1 unspecified atom stereocenters. The second-order valence-corrected chi connectivity index (χ2v) is 6.70. The number of halogens is 2. The second-order valence-electron chi connectivity index (χ2n) is 4.94. The zero-order valence-corrected chi connectivity index (χ0v) is 14.0. The highest BCUT2D eigenvalue weighted by Crippen LogP contribution is 2.32. The summed E-state index contributed by atoms with van der Waals surface area (Å²) in [4.78, 5) is 0. The molecule has 0 saturated heterocycles. The van der Waals surface area contributed by atoms with Crippen molar-refractivity contribution in [1.82, 2.24) is 5.32 Å². The zero-order chi connectivity index (χ0) is 14.8. The van der Waals surface area contributed by atoms with E-state index in [0.29, 0.717) is 5.56 Å². The summed E-state index contributed by atoms with van der Waals surface area (Å²) in [5.41, 5.74) is 1.94. The number of likely N-dealkylation sites (N-methyl/N-ethyl adjacent to an activating group) is 1. The van der Waals surface area contributed by atoms with E-state index in [1.54, 1.807) is 17.4 Å². The van der Waals surface area contributed by atoms with Gasteiger partial charge in [-0.15, -0.1) is 11.3 Å². The number of hydrogen-bond donors (Lipinski definition) is 1. The van der Waals surface area contributed by atoms with Crippen molar-refractivity contribution in [3.05, 3.63) is 69.3 Å². The van der Waals surface area contributed by atoms with Gasteiger partial charge in [-0.3, -0.25) is 0 Å². The van der Waals surface area contributed by atoms with Crippen molar-refractivity contribution in [3.63, 3.8) is 0 Å². The summed E-state index contributed by atoms with van der Waals surface area (Å²) in [7, 11) is 1.87. The molecule has 21 heavy (non-hydrogen) atoms. The highest BCUT2D eigenvalue weighted by molar-refractivity contribution is 9.10. The first kappa shape index (κ1) is 14.7. The number of hydrogen-bond acceptors (Lipinski definition) is 2. The molecular formula is C17H15BrFNS. The van der Waals surface area contributed by atoms with Crippen molar-refractivity contribution in [2.24, 2.45) is 0 Å². The minimum atomic E-state index is -0.178. The van der Waals surface area contributed by atoms with Crippen molar-refractivity contribution >= 4 is 37.4 Å². The van der Waals surface area contributed by atoms with Gasteiger partial charge in [-0.1, -0.05) is 40.2 Å². The maximum absolute atomic E-state index is 14.2. The van der Waals surface area contributed by atoms with Gasteiger partial charge in [-0.2, -0.15) is 0 Å². The van der Waals surface area contributed by atoms with Crippen LogP contribution < -0.4 is 5.32 Å². The van der Waals surface area contributed by atoms with E-state index in [9.17, 15) is 4.39 Å². The van der Waals surface area contributed by atoms with Crippen LogP contribution in [0.5, 0.6) is 0 Å². The predicted octanol–water partition coefficient (Wildman–Crippen LogP) is 5.31. The molecule has 0 amide bonds. The third-order valence-corrected chi connectivity index (χ3v) is 5.39. The van der Waals surface area contributed by atoms with Crippen LogP contribution in [0.4, 0.5) is 4.39 Å². The Kier molecular flexibility index (Phi) is 4.38. The van der Waals surface area contributed by atoms with Crippen molar-refractivity contribution in [2.45, 2.75) is 12.5 Å². The average Bonchev–Trinajstić information content (AvgIpc) is 2.89. The van der Waals surface area contributed by atoms with E-state index >= 15 is 0 Å². The van der Waals surface area contributed by atoms with Crippen LogP contribution in [0.1, 0.15) is 17.2 Å². The molecule has 3 rings (SSSR count). The van der Waals surface area contributed by atoms with Gasteiger partial charge in [0.05, 0.1) is 0 Å². The van der Waals surface area contributed by atoms with E-state index < -0.39 is 0 Å². The lowest BCUT2D eigenvalue weighted by atomic mass is 9.98. The van der Waals surface area contributed by atoms with Crippen LogP contribution >= 0.6 is 27.3 Å². The molecule has 4 heteroatoms. The Balaban J connectivity index is 1.98. The molecular weight excluding hydrogens is 349 g/mol. The van der Waals surface area contributed by atoms with Gasteiger partial charge < -0.3 is 5.32 Å². The fourth-order valence-corrected chi connectivity index (χ4v) is 4.20. The molecule has 0 aliphatic carbocycles. The average molecular weight is 364 g/mol. The first-order chi connectivity index (χ1) is 10.2. The fourth-order valence-electron chi connectivity index (χ4n) is 2.60. The van der Waals surface area contributed by atoms with E-state index in [2.05, 4.69) is 38.8 Å². The molecule has 1 atom stereocenters. The van der Waals surface area contributed by atoms with Crippen molar-refractivity contribution in [1.29, 1.82) is 0 Å². The van der Waals surface area contributed by atoms with E-state index in [1.807, 2.05) is 25.2 Å². The quantitative estimate of drug-likeness (QED) is 0.662. The summed E-state index contributed by atoms with van der Waals surface area (Å²) in [6.07, 6.45) is 0.764. The number of rotatable bonds is 4. The summed E-state index contributed by atoms with van der Waals surface area (Å²) in [5.74, 6) is -0.178. The Labute approximate surface area is 135 Å². The molecule has 0 spiro atoms. The smallest absolute Gasteiger partial charge is 0.129 e. The summed E-state index contributed by atoms with van der Waals surface area (Å²) < 4.78 is 16.2. The topological polar surface area (TPSA) is 12.0 Å². The number of nitrogens with one attached hydrogen (secondary N) is 1. The van der Waals surface area contributed by atoms with Crippen molar-refractivity contribution in [3.8, 4) is 0 Å². The predicted molar refractivity (Wildman–Crippen MR) is 91.4 cm³/mol. The molecule has 1 heterocycles. The molecule has 2 aromatic carbocycles. The Bertz CT molecular complexity index is 748. The molecule has 0 radical (unpaired) electrons. The maximum atomic E-state index is 14.2. The maximum Gasteiger partial charge on any atom is 0.129 e. The van der Waals surface area contributed by atoms with E-state index in [0.717, 1.165) is 10.9 Å². The Morgan fingerprint density at radius 2 is 2.00 bits per heavy atom. The third kappa shape index (κ3) is 2.89. The Hall–Kier alpha value is -1.23. The highest BCUT2D eigenvalue weighted by Gasteiger charge is 2.19. The van der Waals surface area contributed by atoms with Crippen LogP contribution in [-0.4, -0.2) is 7.05 Å². The second kappa shape index (κ2) is 6.26. The summed E-state index contributed by atoms with van der Waals surface area (Å²) in [6.45, 7) is 0. The van der Waals surface area contributed by atoms with E-state index in [4.69, 9.17) is 0 Å². The lowest BCUT2D eigenvalue weighted by molar-refractivity contribution is 0.533. The van der Waals surface area contributed by atoms with Gasteiger partial charge >= 0.3 is 0 Å². The molecule has 0 aliphatic heterocycles. The first-order valence-corrected chi connectivity index (χ1v) is 8.44.